The largest absolute Gasteiger partial charge is 0.393 e. The number of hydrogen-bond acceptors (Lipinski definition) is 2. The molecule has 2 heteroatoms. The highest BCUT2D eigenvalue weighted by Crippen LogP contribution is 2.40. The third-order valence-corrected chi connectivity index (χ3v) is 4.75. The van der Waals surface area contributed by atoms with Crippen molar-refractivity contribution < 1.29 is 9.84 Å². The molecule has 0 spiro atoms. The Balaban J connectivity index is 2.07. The zero-order valence-corrected chi connectivity index (χ0v) is 15.5. The molecule has 0 aliphatic carbocycles. The van der Waals surface area contributed by atoms with E-state index in [9.17, 15) is 5.11 Å². The van der Waals surface area contributed by atoms with Gasteiger partial charge in [-0.15, -0.1) is 6.58 Å². The Morgan fingerprint density at radius 1 is 0.778 bits per heavy atom. The predicted octanol–water partition coefficient (Wildman–Crippen LogP) is 5.32. The van der Waals surface area contributed by atoms with Crippen molar-refractivity contribution in [1.82, 2.24) is 0 Å². The number of aliphatic hydroxyl groups excluding tert-OH is 1. The smallest absolute Gasteiger partial charge is 0.143 e. The minimum atomic E-state index is -0.725. The van der Waals surface area contributed by atoms with Gasteiger partial charge >= 0.3 is 0 Å². The number of benzene rings is 3. The van der Waals surface area contributed by atoms with Gasteiger partial charge in [0.25, 0.3) is 0 Å². The van der Waals surface area contributed by atoms with Crippen molar-refractivity contribution in [2.24, 2.45) is 0 Å². The molecular weight excluding hydrogens is 332 g/mol. The van der Waals surface area contributed by atoms with E-state index in [1.165, 1.54) is 0 Å². The lowest BCUT2D eigenvalue weighted by molar-refractivity contribution is -0.00484. The van der Waals surface area contributed by atoms with Gasteiger partial charge in [0.2, 0.25) is 0 Å². The Hall–Kier alpha value is -2.68. The summed E-state index contributed by atoms with van der Waals surface area (Å²) in [7, 11) is 0. The Kier molecular flexibility index (Phi) is 6.59. The molecule has 0 aliphatic rings. The second-order valence-corrected chi connectivity index (χ2v) is 6.59. The molecule has 0 saturated carbocycles. The molecule has 3 aromatic carbocycles. The first-order valence-electron chi connectivity index (χ1n) is 9.37. The van der Waals surface area contributed by atoms with E-state index in [0.29, 0.717) is 19.4 Å². The number of aliphatic hydroxyl groups is 1. The van der Waals surface area contributed by atoms with Gasteiger partial charge in [0.15, 0.2) is 0 Å². The summed E-state index contributed by atoms with van der Waals surface area (Å²) in [6.45, 7) is 4.14. The third kappa shape index (κ3) is 4.36. The zero-order chi connectivity index (χ0) is 19.0. The van der Waals surface area contributed by atoms with Crippen molar-refractivity contribution in [1.29, 1.82) is 0 Å². The Morgan fingerprint density at radius 2 is 1.19 bits per heavy atom. The summed E-state index contributed by atoms with van der Waals surface area (Å²) in [6.07, 6.45) is 2.42. The maximum absolute atomic E-state index is 10.1. The van der Waals surface area contributed by atoms with Crippen molar-refractivity contribution >= 4 is 0 Å². The summed E-state index contributed by atoms with van der Waals surface area (Å²) in [5.74, 6) is 0. The van der Waals surface area contributed by atoms with E-state index in [-0.39, 0.29) is 0 Å². The molecule has 0 bridgehead atoms. The van der Waals surface area contributed by atoms with E-state index >= 15 is 0 Å². The molecule has 3 rings (SSSR count). The minimum absolute atomic E-state index is 0.438. The van der Waals surface area contributed by atoms with Crippen LogP contribution in [0.15, 0.2) is 104 Å². The van der Waals surface area contributed by atoms with Crippen LogP contribution in [0.2, 0.25) is 0 Å². The Labute approximate surface area is 161 Å². The standard InChI is InChI=1S/C25H26O2/c1-2-12-24(26)19-20-27-25(21-13-6-3-7-14-21,22-15-8-4-9-16-22)23-17-10-5-11-18-23/h2-11,13-18,24,26H,1,12,19-20H2/t24-/m0/s1. The van der Waals surface area contributed by atoms with Crippen LogP contribution in [0.1, 0.15) is 29.5 Å². The monoisotopic (exact) mass is 358 g/mol. The van der Waals surface area contributed by atoms with Gasteiger partial charge < -0.3 is 9.84 Å². The quantitative estimate of drug-likeness (QED) is 0.414. The maximum atomic E-state index is 10.1. The normalized spacial score (nSPS) is 12.5. The van der Waals surface area contributed by atoms with E-state index in [1.54, 1.807) is 6.08 Å². The van der Waals surface area contributed by atoms with Gasteiger partial charge in [-0.25, -0.2) is 0 Å². The lowest BCUT2D eigenvalue weighted by Gasteiger charge is -2.36. The summed E-state index contributed by atoms with van der Waals surface area (Å²) >= 11 is 0. The van der Waals surface area contributed by atoms with Gasteiger partial charge in [-0.3, -0.25) is 0 Å². The van der Waals surface area contributed by atoms with E-state index in [2.05, 4.69) is 43.0 Å². The summed E-state index contributed by atoms with van der Waals surface area (Å²) in [5.41, 5.74) is 2.49. The van der Waals surface area contributed by atoms with Crippen LogP contribution in [-0.4, -0.2) is 17.8 Å². The summed E-state index contributed by atoms with van der Waals surface area (Å²) in [4.78, 5) is 0. The molecule has 3 aromatic rings. The van der Waals surface area contributed by atoms with Gasteiger partial charge in [0.1, 0.15) is 5.60 Å². The fourth-order valence-corrected chi connectivity index (χ4v) is 3.43. The molecule has 2 nitrogen and oxygen atoms in total. The van der Waals surface area contributed by atoms with Crippen molar-refractivity contribution in [2.75, 3.05) is 6.61 Å². The number of ether oxygens (including phenoxy) is 1. The summed E-state index contributed by atoms with van der Waals surface area (Å²) in [6, 6.07) is 30.8. The fraction of sp³-hybridized carbons (Fsp3) is 0.200. The van der Waals surface area contributed by atoms with Crippen LogP contribution in [0.5, 0.6) is 0 Å². The molecule has 0 saturated heterocycles. The van der Waals surface area contributed by atoms with Gasteiger partial charge in [-0.1, -0.05) is 97.1 Å². The third-order valence-electron chi connectivity index (χ3n) is 4.75. The van der Waals surface area contributed by atoms with Crippen molar-refractivity contribution in [3.63, 3.8) is 0 Å². The number of rotatable bonds is 9. The molecule has 0 fully saturated rings. The maximum Gasteiger partial charge on any atom is 0.143 e. The van der Waals surface area contributed by atoms with Crippen LogP contribution < -0.4 is 0 Å². The van der Waals surface area contributed by atoms with Gasteiger partial charge in [-0.05, 0) is 29.5 Å². The highest BCUT2D eigenvalue weighted by atomic mass is 16.5. The Bertz CT molecular complexity index is 716. The van der Waals surface area contributed by atoms with E-state index in [4.69, 9.17) is 4.74 Å². The molecule has 0 unspecified atom stereocenters. The Morgan fingerprint density at radius 3 is 1.56 bits per heavy atom. The summed E-state index contributed by atoms with van der Waals surface area (Å²) in [5, 5.41) is 10.1. The molecule has 1 atom stereocenters. The van der Waals surface area contributed by atoms with Gasteiger partial charge in [0, 0.05) is 0 Å². The summed E-state index contributed by atoms with van der Waals surface area (Å²) < 4.78 is 6.61. The lowest BCUT2D eigenvalue weighted by Crippen LogP contribution is -2.34. The molecule has 0 aromatic heterocycles. The lowest BCUT2D eigenvalue weighted by atomic mass is 9.80. The molecule has 0 aliphatic heterocycles. The van der Waals surface area contributed by atoms with Crippen molar-refractivity contribution in [3.05, 3.63) is 120 Å². The van der Waals surface area contributed by atoms with Gasteiger partial charge in [0.05, 0.1) is 12.7 Å². The fourth-order valence-electron chi connectivity index (χ4n) is 3.43. The second-order valence-electron chi connectivity index (χ2n) is 6.59. The minimum Gasteiger partial charge on any atom is -0.393 e. The van der Waals surface area contributed by atoms with Crippen LogP contribution in [0.3, 0.4) is 0 Å². The predicted molar refractivity (Wildman–Crippen MR) is 111 cm³/mol. The van der Waals surface area contributed by atoms with Crippen LogP contribution in [0.4, 0.5) is 0 Å². The topological polar surface area (TPSA) is 29.5 Å². The average molecular weight is 358 g/mol. The molecule has 1 N–H and O–H groups in total. The molecule has 0 amide bonds. The average Bonchev–Trinajstić information content (AvgIpc) is 2.73. The molecule has 138 valence electrons. The van der Waals surface area contributed by atoms with Crippen LogP contribution in [-0.2, 0) is 10.3 Å². The van der Waals surface area contributed by atoms with Crippen LogP contribution in [0.25, 0.3) is 0 Å². The molecule has 0 heterocycles. The number of hydrogen-bond donors (Lipinski definition) is 1. The molecule has 0 radical (unpaired) electrons. The van der Waals surface area contributed by atoms with Crippen molar-refractivity contribution in [2.45, 2.75) is 24.5 Å². The molecule has 27 heavy (non-hydrogen) atoms. The zero-order valence-electron chi connectivity index (χ0n) is 15.5. The van der Waals surface area contributed by atoms with Gasteiger partial charge in [-0.2, -0.15) is 0 Å². The second kappa shape index (κ2) is 9.31. The van der Waals surface area contributed by atoms with E-state index in [0.717, 1.165) is 16.7 Å². The highest BCUT2D eigenvalue weighted by molar-refractivity contribution is 5.47. The van der Waals surface area contributed by atoms with E-state index in [1.807, 2.05) is 54.6 Å². The van der Waals surface area contributed by atoms with Crippen LogP contribution in [0, 0.1) is 0 Å². The van der Waals surface area contributed by atoms with E-state index < -0.39 is 11.7 Å². The first kappa shape index (κ1) is 19.1. The highest BCUT2D eigenvalue weighted by Gasteiger charge is 2.37. The first-order valence-corrected chi connectivity index (χ1v) is 9.37. The molecular formula is C25H26O2. The van der Waals surface area contributed by atoms with Crippen LogP contribution >= 0.6 is 0 Å². The van der Waals surface area contributed by atoms with Crippen molar-refractivity contribution in [3.8, 4) is 0 Å². The first-order chi connectivity index (χ1) is 13.3. The SMILES string of the molecule is C=CC[C@H](O)CCOC(c1ccccc1)(c1ccccc1)c1ccccc1.